The highest BCUT2D eigenvalue weighted by molar-refractivity contribution is 6.85. The number of hydrogen-bond acceptors (Lipinski definition) is 2. The summed E-state index contributed by atoms with van der Waals surface area (Å²) in [6.07, 6.45) is 2.07. The second kappa shape index (κ2) is 2.98. The summed E-state index contributed by atoms with van der Waals surface area (Å²) in [5.41, 5.74) is -0.347. The van der Waals surface area contributed by atoms with Gasteiger partial charge in [-0.3, -0.25) is 4.79 Å². The van der Waals surface area contributed by atoms with Crippen LogP contribution in [-0.2, 0) is 9.53 Å². The monoisotopic (exact) mass is 198 g/mol. The quantitative estimate of drug-likeness (QED) is 0.514. The Morgan fingerprint density at radius 2 is 2.08 bits per heavy atom. The third-order valence-electron chi connectivity index (χ3n) is 2.42. The van der Waals surface area contributed by atoms with Crippen LogP contribution in [0.3, 0.4) is 0 Å². The predicted molar refractivity (Wildman–Crippen MR) is 56.2 cm³/mol. The first kappa shape index (κ1) is 10.5. The van der Waals surface area contributed by atoms with Crippen LogP contribution in [0, 0.1) is 5.41 Å². The zero-order valence-corrected chi connectivity index (χ0v) is 10.1. The maximum Gasteiger partial charge on any atom is 0.319 e. The van der Waals surface area contributed by atoms with E-state index in [4.69, 9.17) is 4.74 Å². The van der Waals surface area contributed by atoms with Crippen molar-refractivity contribution >= 4 is 14.0 Å². The molecule has 0 aromatic heterocycles. The Bertz CT molecular complexity index is 263. The van der Waals surface area contributed by atoms with Gasteiger partial charge in [-0.05, 0) is 13.8 Å². The van der Waals surface area contributed by atoms with Gasteiger partial charge in [0, 0.05) is 0 Å². The molecule has 0 aromatic carbocycles. The van der Waals surface area contributed by atoms with Gasteiger partial charge in [0.25, 0.3) is 0 Å². The van der Waals surface area contributed by atoms with Crippen molar-refractivity contribution in [2.75, 3.05) is 6.61 Å². The van der Waals surface area contributed by atoms with Crippen LogP contribution >= 0.6 is 0 Å². The minimum absolute atomic E-state index is 0.0765. The Labute approximate surface area is 81.0 Å². The standard InChI is InChI=1S/C10H18O2Si/c1-6-12-9(11)10(2)7-8(10)13(3,4)5/h7H,6H2,1-5H3/t10-/m1/s1. The van der Waals surface area contributed by atoms with Gasteiger partial charge in [-0.1, -0.05) is 30.9 Å². The second-order valence-corrected chi connectivity index (χ2v) is 9.77. The molecule has 13 heavy (non-hydrogen) atoms. The fourth-order valence-electron chi connectivity index (χ4n) is 1.70. The molecule has 1 atom stereocenters. The van der Waals surface area contributed by atoms with E-state index in [1.54, 1.807) is 0 Å². The van der Waals surface area contributed by atoms with Gasteiger partial charge in [0.1, 0.15) is 5.41 Å². The lowest BCUT2D eigenvalue weighted by Crippen LogP contribution is -2.29. The molecule has 0 heterocycles. The summed E-state index contributed by atoms with van der Waals surface area (Å²) in [5, 5.41) is 1.33. The number of hydrogen-bond donors (Lipinski definition) is 0. The lowest BCUT2D eigenvalue weighted by molar-refractivity contribution is -0.147. The Hall–Kier alpha value is -0.573. The van der Waals surface area contributed by atoms with Crippen molar-refractivity contribution in [1.82, 2.24) is 0 Å². The molecule has 1 aliphatic rings. The number of esters is 1. The topological polar surface area (TPSA) is 26.3 Å². The second-order valence-electron chi connectivity index (χ2n) is 4.73. The first-order chi connectivity index (χ1) is 5.82. The summed E-state index contributed by atoms with van der Waals surface area (Å²) in [5.74, 6) is -0.0765. The number of carbonyl (C=O) groups is 1. The average molecular weight is 198 g/mol. The third kappa shape index (κ3) is 1.85. The van der Waals surface area contributed by atoms with Gasteiger partial charge in [-0.2, -0.15) is 0 Å². The Balaban J connectivity index is 2.63. The highest BCUT2D eigenvalue weighted by Crippen LogP contribution is 2.49. The van der Waals surface area contributed by atoms with E-state index in [1.165, 1.54) is 5.20 Å². The molecule has 1 rings (SSSR count). The summed E-state index contributed by atoms with van der Waals surface area (Å²) in [6.45, 7) is 11.0. The molecule has 0 bridgehead atoms. The summed E-state index contributed by atoms with van der Waals surface area (Å²) >= 11 is 0. The summed E-state index contributed by atoms with van der Waals surface area (Å²) in [6, 6.07) is 0. The number of carbonyl (C=O) groups excluding carboxylic acids is 1. The van der Waals surface area contributed by atoms with Crippen LogP contribution in [-0.4, -0.2) is 20.7 Å². The zero-order valence-electron chi connectivity index (χ0n) is 9.10. The molecule has 1 aliphatic carbocycles. The molecule has 0 saturated heterocycles. The fraction of sp³-hybridized carbons (Fsp3) is 0.700. The molecule has 3 heteroatoms. The van der Waals surface area contributed by atoms with E-state index in [-0.39, 0.29) is 11.4 Å². The van der Waals surface area contributed by atoms with Gasteiger partial charge >= 0.3 is 5.97 Å². The highest BCUT2D eigenvalue weighted by Gasteiger charge is 2.52. The van der Waals surface area contributed by atoms with Crippen molar-refractivity contribution in [2.45, 2.75) is 33.5 Å². The molecular weight excluding hydrogens is 180 g/mol. The van der Waals surface area contributed by atoms with E-state index in [0.717, 1.165) is 0 Å². The van der Waals surface area contributed by atoms with E-state index >= 15 is 0 Å². The summed E-state index contributed by atoms with van der Waals surface area (Å²) in [4.78, 5) is 11.5. The van der Waals surface area contributed by atoms with Crippen LogP contribution in [0.4, 0.5) is 0 Å². The predicted octanol–water partition coefficient (Wildman–Crippen LogP) is 2.37. The molecule has 0 unspecified atom stereocenters. The summed E-state index contributed by atoms with van der Waals surface area (Å²) < 4.78 is 5.03. The first-order valence-electron chi connectivity index (χ1n) is 4.73. The normalized spacial score (nSPS) is 26.7. The highest BCUT2D eigenvalue weighted by atomic mass is 28.3. The maximum absolute atomic E-state index is 11.5. The maximum atomic E-state index is 11.5. The van der Waals surface area contributed by atoms with Gasteiger partial charge in [-0.15, -0.1) is 0 Å². The number of rotatable bonds is 3. The van der Waals surface area contributed by atoms with Gasteiger partial charge in [-0.25, -0.2) is 0 Å². The lowest BCUT2D eigenvalue weighted by Gasteiger charge is -2.18. The van der Waals surface area contributed by atoms with Crippen molar-refractivity contribution in [2.24, 2.45) is 5.41 Å². The number of ether oxygens (including phenoxy) is 1. The average Bonchev–Trinajstić information content (AvgIpc) is 2.63. The molecule has 0 amide bonds. The van der Waals surface area contributed by atoms with Crippen LogP contribution in [0.2, 0.25) is 19.6 Å². The van der Waals surface area contributed by atoms with Gasteiger partial charge in [0.05, 0.1) is 14.7 Å². The molecule has 0 spiro atoms. The van der Waals surface area contributed by atoms with Crippen molar-refractivity contribution in [3.8, 4) is 0 Å². The molecular formula is C10H18O2Si. The van der Waals surface area contributed by atoms with Crippen molar-refractivity contribution < 1.29 is 9.53 Å². The third-order valence-corrected chi connectivity index (χ3v) is 4.70. The SMILES string of the molecule is CCOC(=O)[C@]1(C)C=C1[Si](C)(C)C. The van der Waals surface area contributed by atoms with Crippen LogP contribution in [0.1, 0.15) is 13.8 Å². The molecule has 74 valence electrons. The Kier molecular flexibility index (Phi) is 2.41. The zero-order chi connectivity index (χ0) is 10.3. The van der Waals surface area contributed by atoms with E-state index in [0.29, 0.717) is 6.61 Å². The van der Waals surface area contributed by atoms with Gasteiger partial charge < -0.3 is 4.74 Å². The van der Waals surface area contributed by atoms with Crippen molar-refractivity contribution in [1.29, 1.82) is 0 Å². The molecule has 0 fully saturated rings. The molecule has 0 aromatic rings. The molecule has 0 saturated carbocycles. The van der Waals surface area contributed by atoms with Crippen LogP contribution in [0.5, 0.6) is 0 Å². The van der Waals surface area contributed by atoms with Crippen molar-refractivity contribution in [3.63, 3.8) is 0 Å². The van der Waals surface area contributed by atoms with Crippen molar-refractivity contribution in [3.05, 3.63) is 11.3 Å². The molecule has 0 aliphatic heterocycles. The molecule has 0 N–H and O–H groups in total. The molecule has 0 radical (unpaired) electrons. The van der Waals surface area contributed by atoms with Crippen LogP contribution in [0.15, 0.2) is 11.3 Å². The van der Waals surface area contributed by atoms with E-state index in [9.17, 15) is 4.79 Å². The Morgan fingerprint density at radius 3 is 2.38 bits per heavy atom. The first-order valence-corrected chi connectivity index (χ1v) is 8.23. The smallest absolute Gasteiger partial charge is 0.319 e. The van der Waals surface area contributed by atoms with E-state index in [2.05, 4.69) is 25.7 Å². The van der Waals surface area contributed by atoms with E-state index < -0.39 is 8.07 Å². The minimum atomic E-state index is -1.29. The summed E-state index contributed by atoms with van der Waals surface area (Å²) in [7, 11) is -1.29. The van der Waals surface area contributed by atoms with Crippen LogP contribution in [0.25, 0.3) is 0 Å². The fourth-order valence-corrected chi connectivity index (χ4v) is 4.08. The minimum Gasteiger partial charge on any atom is -0.465 e. The molecule has 2 nitrogen and oxygen atoms in total. The lowest BCUT2D eigenvalue weighted by atomic mass is 10.1. The van der Waals surface area contributed by atoms with Gasteiger partial charge in [0.15, 0.2) is 0 Å². The Morgan fingerprint density at radius 1 is 1.54 bits per heavy atom. The van der Waals surface area contributed by atoms with Crippen LogP contribution < -0.4 is 0 Å². The van der Waals surface area contributed by atoms with E-state index in [1.807, 2.05) is 13.8 Å². The largest absolute Gasteiger partial charge is 0.465 e. The van der Waals surface area contributed by atoms with Gasteiger partial charge in [0.2, 0.25) is 0 Å².